The lowest BCUT2D eigenvalue weighted by Gasteiger charge is -2.27. The van der Waals surface area contributed by atoms with E-state index in [0.29, 0.717) is 12.8 Å². The fourth-order valence-corrected chi connectivity index (χ4v) is 8.72. The third kappa shape index (κ3) is 2.61. The molecule has 2 aromatic carbocycles. The zero-order valence-corrected chi connectivity index (χ0v) is 15.0. The van der Waals surface area contributed by atoms with Crippen molar-refractivity contribution < 1.29 is 21.6 Å². The van der Waals surface area contributed by atoms with Crippen LogP contribution in [0.4, 0.5) is 0 Å². The van der Waals surface area contributed by atoms with Crippen LogP contribution in [0.3, 0.4) is 0 Å². The van der Waals surface area contributed by atoms with Gasteiger partial charge in [0.2, 0.25) is 0 Å². The number of ether oxygens (including phenoxy) is 1. The minimum absolute atomic E-state index is 0.143. The predicted octanol–water partition coefficient (Wildman–Crippen LogP) is 2.23. The van der Waals surface area contributed by atoms with Gasteiger partial charge in [0.25, 0.3) is 0 Å². The molecule has 132 valence electrons. The van der Waals surface area contributed by atoms with Crippen molar-refractivity contribution in [3.8, 4) is 0 Å². The van der Waals surface area contributed by atoms with E-state index in [4.69, 9.17) is 4.74 Å². The van der Waals surface area contributed by atoms with Crippen LogP contribution in [0.25, 0.3) is 0 Å². The summed E-state index contributed by atoms with van der Waals surface area (Å²) in [5.41, 5.74) is 0. The molecule has 4 atom stereocenters. The van der Waals surface area contributed by atoms with Gasteiger partial charge in [0, 0.05) is 0 Å². The van der Waals surface area contributed by atoms with Crippen molar-refractivity contribution in [1.29, 1.82) is 0 Å². The van der Waals surface area contributed by atoms with Crippen molar-refractivity contribution in [3.63, 3.8) is 0 Å². The summed E-state index contributed by atoms with van der Waals surface area (Å²) in [4.78, 5) is 0.286. The van der Waals surface area contributed by atoms with Crippen LogP contribution in [-0.2, 0) is 24.4 Å². The second kappa shape index (κ2) is 5.93. The van der Waals surface area contributed by atoms with Gasteiger partial charge in [-0.3, -0.25) is 0 Å². The van der Waals surface area contributed by atoms with Gasteiger partial charge in [-0.15, -0.1) is 0 Å². The second-order valence-electron chi connectivity index (χ2n) is 6.44. The number of hydrogen-bond donors (Lipinski definition) is 0. The number of sulfone groups is 2. The van der Waals surface area contributed by atoms with E-state index < -0.39 is 42.4 Å². The van der Waals surface area contributed by atoms with E-state index in [0.717, 1.165) is 0 Å². The highest BCUT2D eigenvalue weighted by Crippen LogP contribution is 2.45. The zero-order valence-electron chi connectivity index (χ0n) is 13.4. The number of benzene rings is 2. The van der Waals surface area contributed by atoms with E-state index in [-0.39, 0.29) is 9.79 Å². The molecule has 0 radical (unpaired) electrons. The molecule has 0 saturated carbocycles. The second-order valence-corrected chi connectivity index (χ2v) is 10.6. The predicted molar refractivity (Wildman–Crippen MR) is 92.7 cm³/mol. The SMILES string of the molecule is O=S(=O)(c1ccccc1)[C@@H]1[C@H](S(=O)(=O)c2ccccc2)[C@@H]2CC[C@@H]1O2. The van der Waals surface area contributed by atoms with Crippen LogP contribution in [0.2, 0.25) is 0 Å². The summed E-state index contributed by atoms with van der Waals surface area (Å²) < 4.78 is 58.4. The van der Waals surface area contributed by atoms with Gasteiger partial charge in [-0.1, -0.05) is 36.4 Å². The van der Waals surface area contributed by atoms with Crippen LogP contribution in [0.1, 0.15) is 12.8 Å². The number of fused-ring (bicyclic) bond motifs is 2. The van der Waals surface area contributed by atoms with Crippen LogP contribution >= 0.6 is 0 Å². The van der Waals surface area contributed by atoms with Gasteiger partial charge in [0.05, 0.1) is 22.0 Å². The molecule has 0 spiro atoms. The monoisotopic (exact) mass is 378 g/mol. The van der Waals surface area contributed by atoms with Gasteiger partial charge in [0.1, 0.15) is 10.5 Å². The Balaban J connectivity index is 1.82. The van der Waals surface area contributed by atoms with Crippen LogP contribution < -0.4 is 0 Å². The highest BCUT2D eigenvalue weighted by atomic mass is 32.2. The molecule has 0 N–H and O–H groups in total. The fraction of sp³-hybridized carbons (Fsp3) is 0.333. The maximum absolute atomic E-state index is 13.2. The topological polar surface area (TPSA) is 77.5 Å². The third-order valence-electron chi connectivity index (χ3n) is 5.00. The van der Waals surface area contributed by atoms with Crippen LogP contribution in [0.5, 0.6) is 0 Å². The van der Waals surface area contributed by atoms with Gasteiger partial charge in [-0.2, -0.15) is 0 Å². The average molecular weight is 378 g/mol. The molecule has 0 aliphatic carbocycles. The van der Waals surface area contributed by atoms with Gasteiger partial charge >= 0.3 is 0 Å². The van der Waals surface area contributed by atoms with E-state index in [1.54, 1.807) is 36.4 Å². The lowest BCUT2D eigenvalue weighted by Crippen LogP contribution is -2.47. The smallest absolute Gasteiger partial charge is 0.185 e. The highest BCUT2D eigenvalue weighted by Gasteiger charge is 2.60. The fourth-order valence-electron chi connectivity index (χ4n) is 3.88. The molecule has 0 amide bonds. The Kier molecular flexibility index (Phi) is 3.97. The molecule has 0 aromatic heterocycles. The van der Waals surface area contributed by atoms with E-state index in [1.165, 1.54) is 24.3 Å². The van der Waals surface area contributed by atoms with E-state index in [9.17, 15) is 16.8 Å². The van der Waals surface area contributed by atoms with Crippen LogP contribution in [-0.4, -0.2) is 39.5 Å². The molecule has 2 bridgehead atoms. The maximum atomic E-state index is 13.2. The van der Waals surface area contributed by atoms with Crippen molar-refractivity contribution in [1.82, 2.24) is 0 Å². The summed E-state index contributed by atoms with van der Waals surface area (Å²) in [6, 6.07) is 16.1. The molecule has 7 heteroatoms. The van der Waals surface area contributed by atoms with E-state index >= 15 is 0 Å². The van der Waals surface area contributed by atoms with Crippen molar-refractivity contribution in [3.05, 3.63) is 60.7 Å². The quantitative estimate of drug-likeness (QED) is 0.815. The van der Waals surface area contributed by atoms with E-state index in [1.807, 2.05) is 0 Å². The van der Waals surface area contributed by atoms with E-state index in [2.05, 4.69) is 0 Å². The number of rotatable bonds is 4. The minimum Gasteiger partial charge on any atom is -0.372 e. The molecule has 0 unspecified atom stereocenters. The molecular formula is C18H18O5S2. The molecule has 2 fully saturated rings. The molecule has 2 aliphatic heterocycles. The van der Waals surface area contributed by atoms with Crippen molar-refractivity contribution >= 4 is 19.7 Å². The molecule has 2 saturated heterocycles. The summed E-state index contributed by atoms with van der Waals surface area (Å²) in [5.74, 6) is 0. The molecular weight excluding hydrogens is 360 g/mol. The molecule has 2 aliphatic rings. The molecule has 4 rings (SSSR count). The minimum atomic E-state index is -3.81. The average Bonchev–Trinajstić information content (AvgIpc) is 3.25. The van der Waals surface area contributed by atoms with Crippen LogP contribution in [0, 0.1) is 0 Å². The normalized spacial score (nSPS) is 29.0. The Morgan fingerprint density at radius 2 is 1.00 bits per heavy atom. The highest BCUT2D eigenvalue weighted by molar-refractivity contribution is 7.96. The molecule has 2 heterocycles. The van der Waals surface area contributed by atoms with Gasteiger partial charge in [-0.25, -0.2) is 16.8 Å². The first kappa shape index (κ1) is 16.8. The van der Waals surface area contributed by atoms with Crippen molar-refractivity contribution in [2.45, 2.75) is 45.3 Å². The molecule has 5 nitrogen and oxygen atoms in total. The summed E-state index contributed by atoms with van der Waals surface area (Å²) in [6.45, 7) is 0. The van der Waals surface area contributed by atoms with Gasteiger partial charge < -0.3 is 4.74 Å². The first-order valence-corrected chi connectivity index (χ1v) is 11.2. The van der Waals surface area contributed by atoms with Crippen molar-refractivity contribution in [2.75, 3.05) is 0 Å². The lowest BCUT2D eigenvalue weighted by molar-refractivity contribution is 0.106. The Hall–Kier alpha value is -1.70. The first-order chi connectivity index (χ1) is 11.9. The van der Waals surface area contributed by atoms with Gasteiger partial charge in [0.15, 0.2) is 19.7 Å². The maximum Gasteiger partial charge on any atom is 0.185 e. The Bertz CT molecular complexity index is 887. The van der Waals surface area contributed by atoms with Crippen molar-refractivity contribution in [2.24, 2.45) is 0 Å². The molecule has 2 aromatic rings. The zero-order chi connectivity index (χ0) is 17.7. The summed E-state index contributed by atoms with van der Waals surface area (Å²) in [5, 5.41) is -2.14. The van der Waals surface area contributed by atoms with Gasteiger partial charge in [-0.05, 0) is 37.1 Å². The summed E-state index contributed by atoms with van der Waals surface area (Å²) in [7, 11) is -7.63. The first-order valence-electron chi connectivity index (χ1n) is 8.16. The Morgan fingerprint density at radius 3 is 1.36 bits per heavy atom. The van der Waals surface area contributed by atoms with Crippen LogP contribution in [0.15, 0.2) is 70.5 Å². The summed E-state index contributed by atoms with van der Waals surface area (Å²) >= 11 is 0. The standard InChI is InChI=1S/C18H18O5S2/c19-24(20,13-7-3-1-4-8-13)17-15-11-12-16(23-15)18(17)25(21,22)14-9-5-2-6-10-14/h1-10,15-18H,11-12H2/t15-,16-,17-,18+/m0/s1. The Morgan fingerprint density at radius 1 is 0.640 bits per heavy atom. The lowest BCUT2D eigenvalue weighted by atomic mass is 10.00. The largest absolute Gasteiger partial charge is 0.372 e. The summed E-state index contributed by atoms with van der Waals surface area (Å²) in [6.07, 6.45) is 0.00196. The third-order valence-corrected chi connectivity index (χ3v) is 9.66. The number of hydrogen-bond acceptors (Lipinski definition) is 5. The molecule has 25 heavy (non-hydrogen) atoms. The Labute approximate surface area is 147 Å².